The minimum Gasteiger partial charge on any atom is -0.432 e. The Morgan fingerprint density at radius 1 is 1.40 bits per heavy atom. The topological polar surface area (TPSA) is 81.4 Å². The van der Waals surface area contributed by atoms with Gasteiger partial charge in [0.2, 0.25) is 10.0 Å². The van der Waals surface area contributed by atoms with Crippen LogP contribution in [0.1, 0.15) is 32.6 Å². The molecule has 0 radical (unpaired) electrons. The molecule has 0 saturated heterocycles. The first-order valence-corrected chi connectivity index (χ1v) is 9.17. The van der Waals surface area contributed by atoms with Crippen molar-refractivity contribution in [2.24, 2.45) is 11.7 Å². The van der Waals surface area contributed by atoms with Crippen LogP contribution in [0.5, 0.6) is 5.75 Å². The van der Waals surface area contributed by atoms with Gasteiger partial charge in [0.15, 0.2) is 11.6 Å². The second-order valence-corrected chi connectivity index (χ2v) is 7.77. The summed E-state index contributed by atoms with van der Waals surface area (Å²) in [4.78, 5) is -0.354. The van der Waals surface area contributed by atoms with Gasteiger partial charge in [-0.25, -0.2) is 17.5 Å². The lowest BCUT2D eigenvalue weighted by Crippen LogP contribution is -2.58. The van der Waals surface area contributed by atoms with E-state index >= 15 is 0 Å². The van der Waals surface area contributed by atoms with Gasteiger partial charge in [0, 0.05) is 12.1 Å². The Morgan fingerprint density at radius 2 is 2.08 bits per heavy atom. The number of hydrogen-bond donors (Lipinski definition) is 2. The van der Waals surface area contributed by atoms with Gasteiger partial charge < -0.3 is 10.5 Å². The normalized spacial score (nSPS) is 24.0. The molecule has 2 rings (SSSR count). The number of nitrogens with two attached hydrogens (primary N) is 1. The zero-order valence-corrected chi connectivity index (χ0v) is 15.3. The van der Waals surface area contributed by atoms with Crippen molar-refractivity contribution in [1.29, 1.82) is 0 Å². The van der Waals surface area contributed by atoms with Crippen molar-refractivity contribution < 1.29 is 26.3 Å². The minimum absolute atomic E-state index is 0. The molecule has 1 aliphatic carbocycles. The van der Waals surface area contributed by atoms with E-state index in [0.29, 0.717) is 12.5 Å². The van der Waals surface area contributed by atoms with E-state index in [1.54, 1.807) is 0 Å². The van der Waals surface area contributed by atoms with Crippen LogP contribution in [0.15, 0.2) is 23.1 Å². The molecule has 0 aromatic heterocycles. The van der Waals surface area contributed by atoms with Gasteiger partial charge in [-0.3, -0.25) is 0 Å². The highest BCUT2D eigenvalue weighted by molar-refractivity contribution is 7.89. The standard InChI is InChI=1S/C15H21F3N2O3S.ClH/c1-10-4-2-3-7-15(10,9-19)20-24(21,22)11-5-6-13(12(16)8-11)23-14(17)18;/h5-6,8,10,14,20H,2-4,7,9,19H2,1H3;1H. The Hall–Kier alpha value is -1.03. The van der Waals surface area contributed by atoms with E-state index in [1.165, 1.54) is 0 Å². The summed E-state index contributed by atoms with van der Waals surface area (Å²) in [5.41, 5.74) is 5.03. The molecule has 2 unspecified atom stereocenters. The third-order valence-corrected chi connectivity index (χ3v) is 6.13. The number of nitrogens with one attached hydrogen (secondary N) is 1. The van der Waals surface area contributed by atoms with Gasteiger partial charge in [0.1, 0.15) is 0 Å². The van der Waals surface area contributed by atoms with E-state index in [-0.39, 0.29) is 29.8 Å². The quantitative estimate of drug-likeness (QED) is 0.766. The summed E-state index contributed by atoms with van der Waals surface area (Å²) in [5, 5.41) is 0. The molecule has 25 heavy (non-hydrogen) atoms. The Kier molecular flexibility index (Phi) is 7.54. The zero-order chi connectivity index (χ0) is 18.0. The number of halogens is 4. The summed E-state index contributed by atoms with van der Waals surface area (Å²) in [7, 11) is -4.04. The molecule has 0 heterocycles. The molecule has 1 fully saturated rings. The molecular formula is C15H22ClF3N2O3S. The fourth-order valence-corrected chi connectivity index (χ4v) is 4.62. The molecule has 1 saturated carbocycles. The molecule has 1 aromatic rings. The maximum absolute atomic E-state index is 13.8. The largest absolute Gasteiger partial charge is 0.432 e. The molecule has 3 N–H and O–H groups in total. The predicted molar refractivity (Wildman–Crippen MR) is 90.0 cm³/mol. The van der Waals surface area contributed by atoms with Crippen LogP contribution >= 0.6 is 12.4 Å². The highest BCUT2D eigenvalue weighted by Gasteiger charge is 2.40. The van der Waals surface area contributed by atoms with Gasteiger partial charge in [0.05, 0.1) is 4.90 Å². The molecule has 2 atom stereocenters. The van der Waals surface area contributed by atoms with E-state index in [9.17, 15) is 21.6 Å². The smallest absolute Gasteiger partial charge is 0.387 e. The van der Waals surface area contributed by atoms with Crippen LogP contribution in [0.25, 0.3) is 0 Å². The maximum Gasteiger partial charge on any atom is 0.387 e. The molecule has 1 aliphatic rings. The number of rotatable bonds is 6. The lowest BCUT2D eigenvalue weighted by Gasteiger charge is -2.42. The summed E-state index contributed by atoms with van der Waals surface area (Å²) in [5.74, 6) is -1.84. The first kappa shape index (κ1) is 22.0. The molecule has 1 aromatic carbocycles. The third kappa shape index (κ3) is 4.99. The monoisotopic (exact) mass is 402 g/mol. The average Bonchev–Trinajstić information content (AvgIpc) is 2.51. The van der Waals surface area contributed by atoms with Crippen LogP contribution in [0.3, 0.4) is 0 Å². The second-order valence-electron chi connectivity index (χ2n) is 6.08. The Bertz CT molecular complexity index is 691. The molecular weight excluding hydrogens is 381 g/mol. The summed E-state index contributed by atoms with van der Waals surface area (Å²) in [6, 6.07) is 2.56. The van der Waals surface area contributed by atoms with Gasteiger partial charge in [-0.15, -0.1) is 12.4 Å². The molecule has 5 nitrogen and oxygen atoms in total. The number of ether oxygens (including phenoxy) is 1. The SMILES string of the molecule is CC1CCCCC1(CN)NS(=O)(=O)c1ccc(OC(F)F)c(F)c1.Cl. The summed E-state index contributed by atoms with van der Waals surface area (Å²) >= 11 is 0. The van der Waals surface area contributed by atoms with Crippen molar-refractivity contribution in [2.45, 2.75) is 49.7 Å². The van der Waals surface area contributed by atoms with Crippen LogP contribution in [0.4, 0.5) is 13.2 Å². The van der Waals surface area contributed by atoms with Crippen molar-refractivity contribution in [3.63, 3.8) is 0 Å². The lowest BCUT2D eigenvalue weighted by atomic mass is 9.74. The van der Waals surface area contributed by atoms with Crippen molar-refractivity contribution >= 4 is 22.4 Å². The lowest BCUT2D eigenvalue weighted by molar-refractivity contribution is -0.0522. The van der Waals surface area contributed by atoms with Gasteiger partial charge in [-0.05, 0) is 37.0 Å². The fourth-order valence-electron chi connectivity index (χ4n) is 3.08. The third-order valence-electron chi connectivity index (χ3n) is 4.58. The number of benzene rings is 1. The highest BCUT2D eigenvalue weighted by Crippen LogP contribution is 2.34. The Labute approximate surface area is 151 Å². The van der Waals surface area contributed by atoms with E-state index < -0.39 is 33.7 Å². The van der Waals surface area contributed by atoms with Crippen molar-refractivity contribution in [3.8, 4) is 5.75 Å². The Morgan fingerprint density at radius 3 is 2.60 bits per heavy atom. The van der Waals surface area contributed by atoms with Crippen molar-refractivity contribution in [1.82, 2.24) is 4.72 Å². The first-order valence-electron chi connectivity index (χ1n) is 7.68. The summed E-state index contributed by atoms with van der Waals surface area (Å²) in [6.45, 7) is -1.14. The summed E-state index contributed by atoms with van der Waals surface area (Å²) < 4.78 is 69.8. The molecule has 10 heteroatoms. The number of hydrogen-bond acceptors (Lipinski definition) is 4. The van der Waals surface area contributed by atoms with Gasteiger partial charge in [-0.1, -0.05) is 19.8 Å². The van der Waals surface area contributed by atoms with Gasteiger partial charge in [0.25, 0.3) is 0 Å². The molecule has 0 amide bonds. The van der Waals surface area contributed by atoms with E-state index in [1.807, 2.05) is 6.92 Å². The summed E-state index contributed by atoms with van der Waals surface area (Å²) in [6.07, 6.45) is 3.28. The molecule has 0 spiro atoms. The second kappa shape index (κ2) is 8.57. The maximum atomic E-state index is 13.8. The van der Waals surface area contributed by atoms with Crippen LogP contribution < -0.4 is 15.2 Å². The molecule has 144 valence electrons. The van der Waals surface area contributed by atoms with Gasteiger partial charge in [-0.2, -0.15) is 8.78 Å². The highest BCUT2D eigenvalue weighted by atomic mass is 35.5. The van der Waals surface area contributed by atoms with Crippen LogP contribution in [0.2, 0.25) is 0 Å². The predicted octanol–water partition coefficient (Wildman–Crippen LogP) is 3.03. The van der Waals surface area contributed by atoms with E-state index in [2.05, 4.69) is 9.46 Å². The fraction of sp³-hybridized carbons (Fsp3) is 0.600. The van der Waals surface area contributed by atoms with Gasteiger partial charge >= 0.3 is 6.61 Å². The molecule has 0 aliphatic heterocycles. The zero-order valence-electron chi connectivity index (χ0n) is 13.7. The number of sulfonamides is 1. The Balaban J connectivity index is 0.00000312. The van der Waals surface area contributed by atoms with Crippen LogP contribution in [-0.4, -0.2) is 27.1 Å². The average molecular weight is 403 g/mol. The van der Waals surface area contributed by atoms with Crippen LogP contribution in [-0.2, 0) is 10.0 Å². The molecule has 0 bridgehead atoms. The van der Waals surface area contributed by atoms with E-state index in [4.69, 9.17) is 5.73 Å². The minimum atomic E-state index is -4.04. The van der Waals surface area contributed by atoms with Crippen LogP contribution in [0, 0.1) is 11.7 Å². The first-order chi connectivity index (χ1) is 11.2. The van der Waals surface area contributed by atoms with E-state index in [0.717, 1.165) is 31.4 Å². The van der Waals surface area contributed by atoms with Crippen molar-refractivity contribution in [3.05, 3.63) is 24.0 Å². The van der Waals surface area contributed by atoms with Crippen molar-refractivity contribution in [2.75, 3.05) is 6.54 Å². The number of alkyl halides is 2.